The van der Waals surface area contributed by atoms with Gasteiger partial charge in [0.2, 0.25) is 10.0 Å². The van der Waals surface area contributed by atoms with E-state index in [2.05, 4.69) is 10.0 Å². The molecule has 1 rings (SSSR count). The summed E-state index contributed by atoms with van der Waals surface area (Å²) in [4.78, 5) is 10.6. The van der Waals surface area contributed by atoms with Gasteiger partial charge in [-0.2, -0.15) is 0 Å². The molecule has 19 heavy (non-hydrogen) atoms. The van der Waals surface area contributed by atoms with E-state index in [4.69, 9.17) is 9.84 Å². The summed E-state index contributed by atoms with van der Waals surface area (Å²) in [6.45, 7) is 3.73. The van der Waals surface area contributed by atoms with Gasteiger partial charge < -0.3 is 15.2 Å². The van der Waals surface area contributed by atoms with Crippen LogP contribution in [-0.2, 0) is 19.6 Å². The minimum atomic E-state index is -3.78. The van der Waals surface area contributed by atoms with Gasteiger partial charge in [-0.25, -0.2) is 13.1 Å². The number of aliphatic carboxylic acids is 1. The number of piperidine rings is 1. The van der Waals surface area contributed by atoms with Crippen molar-refractivity contribution < 1.29 is 23.1 Å². The van der Waals surface area contributed by atoms with Crippen molar-refractivity contribution in [3.63, 3.8) is 0 Å². The molecule has 8 heteroatoms. The van der Waals surface area contributed by atoms with Crippen LogP contribution in [0.25, 0.3) is 0 Å². The number of hydrogen-bond donors (Lipinski definition) is 3. The van der Waals surface area contributed by atoms with E-state index in [-0.39, 0.29) is 12.6 Å². The molecule has 7 nitrogen and oxygen atoms in total. The zero-order chi connectivity index (χ0) is 14.3. The normalized spacial score (nSPS) is 19.2. The van der Waals surface area contributed by atoms with Crippen LogP contribution in [-0.4, -0.2) is 57.1 Å². The average molecular weight is 294 g/mol. The first kappa shape index (κ1) is 16.4. The van der Waals surface area contributed by atoms with Gasteiger partial charge in [0.05, 0.1) is 6.10 Å². The highest BCUT2D eigenvalue weighted by Crippen LogP contribution is 2.07. The number of nitrogens with one attached hydrogen (secondary N) is 2. The number of carboxylic acid groups (broad SMARTS) is 1. The zero-order valence-corrected chi connectivity index (χ0v) is 11.9. The summed E-state index contributed by atoms with van der Waals surface area (Å²) in [5, 5.41) is 10.4. The Morgan fingerprint density at radius 2 is 2.11 bits per heavy atom. The van der Waals surface area contributed by atoms with Gasteiger partial charge in [0.15, 0.2) is 5.25 Å². The number of hydrogen-bond acceptors (Lipinski definition) is 5. The van der Waals surface area contributed by atoms with Gasteiger partial charge in [-0.3, -0.25) is 4.79 Å². The number of sulfonamides is 1. The molecule has 1 aliphatic heterocycles. The Labute approximate surface area is 113 Å². The van der Waals surface area contributed by atoms with E-state index >= 15 is 0 Å². The number of carbonyl (C=O) groups is 1. The Balaban J connectivity index is 2.14. The predicted octanol–water partition coefficient (Wildman–Crippen LogP) is -0.462. The van der Waals surface area contributed by atoms with E-state index in [1.807, 2.05) is 0 Å². The molecule has 1 saturated heterocycles. The van der Waals surface area contributed by atoms with E-state index in [1.54, 1.807) is 0 Å². The molecule has 1 aliphatic rings. The molecule has 0 aromatic carbocycles. The van der Waals surface area contributed by atoms with E-state index in [9.17, 15) is 13.2 Å². The van der Waals surface area contributed by atoms with Crippen LogP contribution in [0.2, 0.25) is 0 Å². The smallest absolute Gasteiger partial charge is 0.323 e. The van der Waals surface area contributed by atoms with Crippen LogP contribution in [0.15, 0.2) is 0 Å². The molecule has 112 valence electrons. The lowest BCUT2D eigenvalue weighted by Crippen LogP contribution is -2.38. The summed E-state index contributed by atoms with van der Waals surface area (Å²) >= 11 is 0. The van der Waals surface area contributed by atoms with Crippen LogP contribution in [0.4, 0.5) is 0 Å². The Bertz CT molecular complexity index is 379. The lowest BCUT2D eigenvalue weighted by Gasteiger charge is -2.22. The van der Waals surface area contributed by atoms with Crippen molar-refractivity contribution in [1.82, 2.24) is 10.0 Å². The molecule has 1 heterocycles. The largest absolute Gasteiger partial charge is 0.480 e. The van der Waals surface area contributed by atoms with Gasteiger partial charge >= 0.3 is 5.97 Å². The Morgan fingerprint density at radius 1 is 1.47 bits per heavy atom. The molecule has 0 spiro atoms. The molecule has 0 aromatic rings. The summed E-state index contributed by atoms with van der Waals surface area (Å²) in [6.07, 6.45) is 2.73. The SMILES string of the molecule is CC(C(=O)O)S(=O)(=O)NCCCOC1CCNCC1. The van der Waals surface area contributed by atoms with Crippen molar-refractivity contribution >= 4 is 16.0 Å². The molecule has 0 amide bonds. The van der Waals surface area contributed by atoms with Crippen LogP contribution in [0, 0.1) is 0 Å². The molecule has 1 fully saturated rings. The summed E-state index contributed by atoms with van der Waals surface area (Å²) in [5.74, 6) is -1.35. The highest BCUT2D eigenvalue weighted by atomic mass is 32.2. The van der Waals surface area contributed by atoms with Crippen LogP contribution in [0.1, 0.15) is 26.2 Å². The lowest BCUT2D eigenvalue weighted by molar-refractivity contribution is -0.136. The highest BCUT2D eigenvalue weighted by molar-refractivity contribution is 7.90. The number of ether oxygens (including phenoxy) is 1. The second-order valence-corrected chi connectivity index (χ2v) is 6.68. The molecule has 1 unspecified atom stereocenters. The highest BCUT2D eigenvalue weighted by Gasteiger charge is 2.26. The van der Waals surface area contributed by atoms with Gasteiger partial charge in [0.1, 0.15) is 0 Å². The minimum Gasteiger partial charge on any atom is -0.480 e. The molecular formula is C11H22N2O5S. The average Bonchev–Trinajstić information content (AvgIpc) is 2.38. The topological polar surface area (TPSA) is 105 Å². The molecule has 0 bridgehead atoms. The second kappa shape index (κ2) is 7.78. The first-order valence-corrected chi connectivity index (χ1v) is 8.01. The van der Waals surface area contributed by atoms with Crippen LogP contribution < -0.4 is 10.0 Å². The van der Waals surface area contributed by atoms with Crippen molar-refractivity contribution in [2.24, 2.45) is 0 Å². The van der Waals surface area contributed by atoms with Gasteiger partial charge in [0, 0.05) is 13.2 Å². The van der Waals surface area contributed by atoms with E-state index in [1.165, 1.54) is 0 Å². The van der Waals surface area contributed by atoms with Crippen molar-refractivity contribution in [1.29, 1.82) is 0 Å². The molecule has 0 saturated carbocycles. The van der Waals surface area contributed by atoms with E-state index in [0.717, 1.165) is 32.9 Å². The van der Waals surface area contributed by atoms with Crippen molar-refractivity contribution in [2.75, 3.05) is 26.2 Å². The fraction of sp³-hybridized carbons (Fsp3) is 0.909. The standard InChI is InChI=1S/C11H22N2O5S/c1-9(11(14)15)19(16,17)13-5-2-8-18-10-3-6-12-7-4-10/h9-10,12-13H,2-8H2,1H3,(H,14,15). The van der Waals surface area contributed by atoms with Crippen LogP contribution in [0.5, 0.6) is 0 Å². The van der Waals surface area contributed by atoms with Gasteiger partial charge in [-0.15, -0.1) is 0 Å². The Morgan fingerprint density at radius 3 is 2.68 bits per heavy atom. The van der Waals surface area contributed by atoms with E-state index < -0.39 is 21.2 Å². The third-order valence-electron chi connectivity index (χ3n) is 3.08. The van der Waals surface area contributed by atoms with Gasteiger partial charge in [-0.1, -0.05) is 0 Å². The van der Waals surface area contributed by atoms with Crippen molar-refractivity contribution in [2.45, 2.75) is 37.5 Å². The summed E-state index contributed by atoms with van der Waals surface area (Å²) in [6, 6.07) is 0. The third kappa shape index (κ3) is 5.85. The maximum Gasteiger partial charge on any atom is 0.323 e. The second-order valence-electron chi connectivity index (χ2n) is 4.59. The summed E-state index contributed by atoms with van der Waals surface area (Å²) < 4.78 is 30.9. The first-order valence-electron chi connectivity index (χ1n) is 6.47. The van der Waals surface area contributed by atoms with Gasteiger partial charge in [-0.05, 0) is 39.3 Å². The van der Waals surface area contributed by atoms with E-state index in [0.29, 0.717) is 13.0 Å². The molecule has 1 atom stereocenters. The maximum absolute atomic E-state index is 11.5. The monoisotopic (exact) mass is 294 g/mol. The predicted molar refractivity (Wildman–Crippen MR) is 70.5 cm³/mol. The number of carboxylic acids is 1. The summed E-state index contributed by atoms with van der Waals surface area (Å²) in [5.41, 5.74) is 0. The minimum absolute atomic E-state index is 0.199. The zero-order valence-electron chi connectivity index (χ0n) is 11.1. The van der Waals surface area contributed by atoms with Crippen LogP contribution in [0.3, 0.4) is 0 Å². The molecule has 0 aliphatic carbocycles. The fourth-order valence-corrected chi connectivity index (χ4v) is 2.70. The molecule has 3 N–H and O–H groups in total. The maximum atomic E-state index is 11.5. The quantitative estimate of drug-likeness (QED) is 0.523. The molecular weight excluding hydrogens is 272 g/mol. The van der Waals surface area contributed by atoms with Crippen molar-refractivity contribution in [3.05, 3.63) is 0 Å². The van der Waals surface area contributed by atoms with Crippen molar-refractivity contribution in [3.8, 4) is 0 Å². The lowest BCUT2D eigenvalue weighted by atomic mass is 10.1. The Kier molecular flexibility index (Phi) is 6.70. The fourth-order valence-electron chi connectivity index (χ4n) is 1.76. The molecule has 0 radical (unpaired) electrons. The molecule has 0 aromatic heterocycles. The summed E-state index contributed by atoms with van der Waals surface area (Å²) in [7, 11) is -3.78. The third-order valence-corrected chi connectivity index (χ3v) is 4.82. The number of rotatable bonds is 8. The Hall–Kier alpha value is -0.700. The van der Waals surface area contributed by atoms with Gasteiger partial charge in [0.25, 0.3) is 0 Å². The van der Waals surface area contributed by atoms with Crippen LogP contribution >= 0.6 is 0 Å². The first-order chi connectivity index (χ1) is 8.93.